The molecule has 0 unspecified atom stereocenters. The molecule has 2 amide bonds. The van der Waals surface area contributed by atoms with Gasteiger partial charge in [-0.15, -0.1) is 11.3 Å². The predicted octanol–water partition coefficient (Wildman–Crippen LogP) is 3.80. The molecule has 0 bridgehead atoms. The first-order valence-electron chi connectivity index (χ1n) is 8.71. The highest BCUT2D eigenvalue weighted by Crippen LogP contribution is 2.26. The lowest BCUT2D eigenvalue weighted by molar-refractivity contribution is -0.115. The maximum Gasteiger partial charge on any atom is 0.251 e. The number of benzene rings is 2. The van der Waals surface area contributed by atoms with Crippen molar-refractivity contribution in [2.24, 2.45) is 0 Å². The first-order chi connectivity index (χ1) is 13.4. The average molecular weight is 395 g/mol. The van der Waals surface area contributed by atoms with E-state index in [1.807, 2.05) is 49.6 Å². The highest BCUT2D eigenvalue weighted by Gasteiger charge is 2.11. The van der Waals surface area contributed by atoms with E-state index in [2.05, 4.69) is 15.6 Å². The molecule has 3 aromatic rings. The number of amides is 2. The van der Waals surface area contributed by atoms with Crippen LogP contribution in [0.4, 0.5) is 5.13 Å². The van der Waals surface area contributed by atoms with Crippen molar-refractivity contribution in [2.45, 2.75) is 13.8 Å². The van der Waals surface area contributed by atoms with E-state index in [-0.39, 0.29) is 18.4 Å². The minimum atomic E-state index is -0.326. The van der Waals surface area contributed by atoms with Gasteiger partial charge in [0.1, 0.15) is 5.75 Å². The van der Waals surface area contributed by atoms with E-state index in [1.54, 1.807) is 19.2 Å². The van der Waals surface area contributed by atoms with Crippen LogP contribution in [0, 0.1) is 13.8 Å². The second-order valence-electron chi connectivity index (χ2n) is 6.37. The van der Waals surface area contributed by atoms with Gasteiger partial charge >= 0.3 is 0 Å². The molecular formula is C21H21N3O3S. The van der Waals surface area contributed by atoms with Crippen molar-refractivity contribution in [1.29, 1.82) is 0 Å². The lowest BCUT2D eigenvalue weighted by atomic mass is 10.1. The van der Waals surface area contributed by atoms with Gasteiger partial charge in [-0.05, 0) is 50.2 Å². The number of nitrogens with zero attached hydrogens (tertiary/aromatic N) is 1. The number of thiazole rings is 1. The summed E-state index contributed by atoms with van der Waals surface area (Å²) in [4.78, 5) is 28.8. The summed E-state index contributed by atoms with van der Waals surface area (Å²) in [6.07, 6.45) is 0. The van der Waals surface area contributed by atoms with Crippen LogP contribution in [0.25, 0.3) is 11.3 Å². The number of nitrogens with one attached hydrogen (secondary N) is 2. The van der Waals surface area contributed by atoms with Crippen molar-refractivity contribution in [3.63, 3.8) is 0 Å². The number of aryl methyl sites for hydroxylation is 2. The summed E-state index contributed by atoms with van der Waals surface area (Å²) >= 11 is 1.33. The minimum absolute atomic E-state index is 0.122. The van der Waals surface area contributed by atoms with E-state index in [1.165, 1.54) is 11.3 Å². The molecule has 0 atom stereocenters. The Morgan fingerprint density at radius 2 is 1.75 bits per heavy atom. The summed E-state index contributed by atoms with van der Waals surface area (Å²) in [5.74, 6) is 0.167. The Labute approximate surface area is 167 Å². The van der Waals surface area contributed by atoms with E-state index in [0.29, 0.717) is 10.7 Å². The van der Waals surface area contributed by atoms with E-state index in [9.17, 15) is 9.59 Å². The third kappa shape index (κ3) is 4.95. The fourth-order valence-corrected chi connectivity index (χ4v) is 3.49. The van der Waals surface area contributed by atoms with Gasteiger partial charge in [0.2, 0.25) is 5.91 Å². The molecule has 0 aliphatic rings. The van der Waals surface area contributed by atoms with Crippen LogP contribution in [0.2, 0.25) is 0 Å². The Balaban J connectivity index is 1.56. The molecule has 2 aromatic carbocycles. The van der Waals surface area contributed by atoms with Crippen LogP contribution in [0.1, 0.15) is 21.5 Å². The number of methoxy groups -OCH3 is 1. The Kier molecular flexibility index (Phi) is 6.06. The first-order valence-corrected chi connectivity index (χ1v) is 9.59. The molecule has 0 spiro atoms. The van der Waals surface area contributed by atoms with Gasteiger partial charge in [-0.25, -0.2) is 4.98 Å². The summed E-state index contributed by atoms with van der Waals surface area (Å²) in [5.41, 5.74) is 4.25. The van der Waals surface area contributed by atoms with Gasteiger partial charge in [0.25, 0.3) is 5.91 Å². The normalized spacial score (nSPS) is 10.4. The predicted molar refractivity (Wildman–Crippen MR) is 111 cm³/mol. The van der Waals surface area contributed by atoms with Gasteiger partial charge in [0.15, 0.2) is 5.13 Å². The van der Waals surface area contributed by atoms with Crippen LogP contribution in [-0.2, 0) is 4.79 Å². The fraction of sp³-hybridized carbons (Fsp3) is 0.190. The molecular weight excluding hydrogens is 374 g/mol. The second kappa shape index (κ2) is 8.67. The summed E-state index contributed by atoms with van der Waals surface area (Å²) < 4.78 is 5.14. The number of rotatable bonds is 6. The number of aromatic nitrogens is 1. The van der Waals surface area contributed by atoms with Gasteiger partial charge in [-0.1, -0.05) is 17.2 Å². The highest BCUT2D eigenvalue weighted by atomic mass is 32.1. The van der Waals surface area contributed by atoms with E-state index >= 15 is 0 Å². The second-order valence-corrected chi connectivity index (χ2v) is 7.23. The van der Waals surface area contributed by atoms with Crippen molar-refractivity contribution in [3.8, 4) is 17.0 Å². The molecule has 0 fully saturated rings. The molecule has 0 saturated heterocycles. The number of hydrogen-bond donors (Lipinski definition) is 2. The molecule has 2 N–H and O–H groups in total. The maximum absolute atomic E-state index is 12.2. The Morgan fingerprint density at radius 1 is 1.07 bits per heavy atom. The summed E-state index contributed by atoms with van der Waals surface area (Å²) in [6.45, 7) is 3.74. The molecule has 0 aliphatic heterocycles. The SMILES string of the molecule is COc1ccc(-c2csc(NC(=O)CNC(=O)c3cc(C)cc(C)c3)n2)cc1. The molecule has 1 aromatic heterocycles. The van der Waals surface area contributed by atoms with Crippen LogP contribution in [-0.4, -0.2) is 30.5 Å². The zero-order valence-corrected chi connectivity index (χ0v) is 16.7. The van der Waals surface area contributed by atoms with E-state index < -0.39 is 0 Å². The first kappa shape index (κ1) is 19.6. The molecule has 7 heteroatoms. The molecule has 0 radical (unpaired) electrons. The van der Waals surface area contributed by atoms with Crippen molar-refractivity contribution in [1.82, 2.24) is 10.3 Å². The fourth-order valence-electron chi connectivity index (χ4n) is 2.76. The largest absolute Gasteiger partial charge is 0.497 e. The van der Waals surface area contributed by atoms with Crippen LogP contribution < -0.4 is 15.4 Å². The summed E-state index contributed by atoms with van der Waals surface area (Å²) in [7, 11) is 1.62. The van der Waals surface area contributed by atoms with Crippen molar-refractivity contribution in [2.75, 3.05) is 19.0 Å². The van der Waals surface area contributed by atoms with Crippen molar-refractivity contribution < 1.29 is 14.3 Å². The standard InChI is InChI=1S/C21H21N3O3S/c1-13-8-14(2)10-16(9-13)20(26)22-11-19(25)24-21-23-18(12-28-21)15-4-6-17(27-3)7-5-15/h4-10,12H,11H2,1-3H3,(H,22,26)(H,23,24,25). The number of carbonyl (C=O) groups is 2. The topological polar surface area (TPSA) is 80.3 Å². The monoisotopic (exact) mass is 395 g/mol. The zero-order valence-electron chi connectivity index (χ0n) is 15.9. The lowest BCUT2D eigenvalue weighted by Gasteiger charge is -2.07. The minimum Gasteiger partial charge on any atom is -0.497 e. The third-order valence-corrected chi connectivity index (χ3v) is 4.79. The number of hydrogen-bond acceptors (Lipinski definition) is 5. The van der Waals surface area contributed by atoms with Gasteiger partial charge in [-0.2, -0.15) is 0 Å². The lowest BCUT2D eigenvalue weighted by Crippen LogP contribution is -2.32. The van der Waals surface area contributed by atoms with Gasteiger partial charge < -0.3 is 15.4 Å². The number of ether oxygens (including phenoxy) is 1. The maximum atomic E-state index is 12.2. The van der Waals surface area contributed by atoms with Crippen LogP contribution in [0.3, 0.4) is 0 Å². The Hall–Kier alpha value is -3.19. The van der Waals surface area contributed by atoms with Crippen LogP contribution >= 0.6 is 11.3 Å². The molecule has 0 aliphatic carbocycles. The van der Waals surface area contributed by atoms with E-state index in [0.717, 1.165) is 28.1 Å². The Morgan fingerprint density at radius 3 is 2.39 bits per heavy atom. The molecule has 28 heavy (non-hydrogen) atoms. The smallest absolute Gasteiger partial charge is 0.251 e. The zero-order chi connectivity index (χ0) is 20.1. The number of carbonyl (C=O) groups excluding carboxylic acids is 2. The van der Waals surface area contributed by atoms with Crippen LogP contribution in [0.5, 0.6) is 5.75 Å². The molecule has 1 heterocycles. The molecule has 0 saturated carbocycles. The van der Waals surface area contributed by atoms with Crippen molar-refractivity contribution >= 4 is 28.3 Å². The quantitative estimate of drug-likeness (QED) is 0.665. The molecule has 144 valence electrons. The molecule has 6 nitrogen and oxygen atoms in total. The summed E-state index contributed by atoms with van der Waals surface area (Å²) in [5, 5.41) is 7.70. The van der Waals surface area contributed by atoms with Gasteiger partial charge in [0.05, 0.1) is 19.3 Å². The highest BCUT2D eigenvalue weighted by molar-refractivity contribution is 7.14. The van der Waals surface area contributed by atoms with Gasteiger partial charge in [-0.3, -0.25) is 9.59 Å². The Bertz CT molecular complexity index is 976. The van der Waals surface area contributed by atoms with E-state index in [4.69, 9.17) is 4.74 Å². The third-order valence-electron chi connectivity index (χ3n) is 4.03. The summed E-state index contributed by atoms with van der Waals surface area (Å²) in [6, 6.07) is 13.1. The van der Waals surface area contributed by atoms with Gasteiger partial charge in [0, 0.05) is 16.5 Å². The number of anilines is 1. The van der Waals surface area contributed by atoms with Crippen molar-refractivity contribution in [3.05, 3.63) is 64.5 Å². The average Bonchev–Trinajstić information content (AvgIpc) is 3.13. The molecule has 3 rings (SSSR count). The van der Waals surface area contributed by atoms with Crippen LogP contribution in [0.15, 0.2) is 47.8 Å².